The van der Waals surface area contributed by atoms with Crippen LogP contribution in [0, 0.1) is 0 Å². The second-order valence-corrected chi connectivity index (χ2v) is 6.60. The van der Waals surface area contributed by atoms with E-state index in [-0.39, 0.29) is 24.6 Å². The Labute approximate surface area is 123 Å². The molecule has 8 heteroatoms. The predicted octanol–water partition coefficient (Wildman–Crippen LogP) is -0.471. The minimum atomic E-state index is -3.30. The van der Waals surface area contributed by atoms with E-state index >= 15 is 0 Å². The fraction of sp³-hybridized carbons (Fsp3) is 0.333. The maximum absolute atomic E-state index is 11.6. The summed E-state index contributed by atoms with van der Waals surface area (Å²) >= 11 is 4.83. The van der Waals surface area contributed by atoms with Gasteiger partial charge in [-0.25, -0.2) is 13.1 Å². The van der Waals surface area contributed by atoms with E-state index in [0.29, 0.717) is 4.99 Å². The van der Waals surface area contributed by atoms with E-state index in [4.69, 9.17) is 18.0 Å². The van der Waals surface area contributed by atoms with Crippen molar-refractivity contribution in [2.45, 2.75) is 6.42 Å². The first kappa shape index (κ1) is 16.5. The summed E-state index contributed by atoms with van der Waals surface area (Å²) in [7, 11) is -1.96. The number of rotatable bonds is 7. The zero-order valence-electron chi connectivity index (χ0n) is 11.0. The molecule has 0 aliphatic heterocycles. The van der Waals surface area contributed by atoms with Gasteiger partial charge in [-0.1, -0.05) is 36.5 Å². The molecular weight excluding hydrogens is 298 g/mol. The lowest BCUT2D eigenvalue weighted by atomic mass is 10.1. The highest BCUT2D eigenvalue weighted by Gasteiger charge is 2.08. The molecule has 0 unspecified atom stereocenters. The molecule has 6 nitrogen and oxygen atoms in total. The number of sulfonamides is 1. The van der Waals surface area contributed by atoms with Crippen molar-refractivity contribution >= 4 is 33.1 Å². The van der Waals surface area contributed by atoms with Gasteiger partial charge in [-0.15, -0.1) is 0 Å². The highest BCUT2D eigenvalue weighted by Crippen LogP contribution is 2.05. The van der Waals surface area contributed by atoms with Crippen molar-refractivity contribution in [1.82, 2.24) is 10.0 Å². The lowest BCUT2D eigenvalue weighted by Gasteiger charge is -2.06. The highest BCUT2D eigenvalue weighted by atomic mass is 32.2. The van der Waals surface area contributed by atoms with Crippen LogP contribution in [0.1, 0.15) is 11.1 Å². The molecule has 1 aromatic carbocycles. The van der Waals surface area contributed by atoms with E-state index in [1.807, 2.05) is 0 Å². The molecule has 20 heavy (non-hydrogen) atoms. The van der Waals surface area contributed by atoms with Crippen LogP contribution in [0.4, 0.5) is 0 Å². The zero-order valence-corrected chi connectivity index (χ0v) is 12.7. The molecular formula is C12H17N3O3S2. The first-order valence-corrected chi connectivity index (χ1v) is 7.97. The summed E-state index contributed by atoms with van der Waals surface area (Å²) in [5, 5.41) is 2.55. The van der Waals surface area contributed by atoms with Crippen LogP contribution in [0.2, 0.25) is 0 Å². The first-order valence-electron chi connectivity index (χ1n) is 5.91. The Morgan fingerprint density at radius 2 is 1.90 bits per heavy atom. The number of benzene rings is 1. The van der Waals surface area contributed by atoms with Crippen LogP contribution in [-0.4, -0.2) is 38.7 Å². The van der Waals surface area contributed by atoms with Crippen molar-refractivity contribution < 1.29 is 13.2 Å². The van der Waals surface area contributed by atoms with Gasteiger partial charge in [0.1, 0.15) is 4.99 Å². The maximum Gasteiger partial charge on any atom is 0.224 e. The fourth-order valence-corrected chi connectivity index (χ4v) is 2.17. The topological polar surface area (TPSA) is 101 Å². The Kier molecular flexibility index (Phi) is 6.05. The average Bonchev–Trinajstić information content (AvgIpc) is 2.39. The Balaban J connectivity index is 2.44. The third-order valence-corrected chi connectivity index (χ3v) is 4.21. The van der Waals surface area contributed by atoms with E-state index in [2.05, 4.69) is 10.0 Å². The Morgan fingerprint density at radius 1 is 1.30 bits per heavy atom. The predicted molar refractivity (Wildman–Crippen MR) is 81.9 cm³/mol. The molecule has 0 bridgehead atoms. The third-order valence-electron chi connectivity index (χ3n) is 2.61. The van der Waals surface area contributed by atoms with Crippen molar-refractivity contribution in [3.8, 4) is 0 Å². The molecule has 110 valence electrons. The van der Waals surface area contributed by atoms with Gasteiger partial charge in [0.05, 0.1) is 12.2 Å². The van der Waals surface area contributed by atoms with Crippen LogP contribution in [-0.2, 0) is 21.2 Å². The molecule has 1 amide bonds. The van der Waals surface area contributed by atoms with Gasteiger partial charge in [-0.3, -0.25) is 4.79 Å². The van der Waals surface area contributed by atoms with Gasteiger partial charge in [0.25, 0.3) is 0 Å². The number of thiocarbonyl (C=S) groups is 1. The summed E-state index contributed by atoms with van der Waals surface area (Å²) in [5.41, 5.74) is 7.02. The molecule has 0 heterocycles. The van der Waals surface area contributed by atoms with Gasteiger partial charge in [0.2, 0.25) is 15.9 Å². The van der Waals surface area contributed by atoms with Crippen LogP contribution in [0.25, 0.3) is 0 Å². The first-order chi connectivity index (χ1) is 9.34. The summed E-state index contributed by atoms with van der Waals surface area (Å²) in [6, 6.07) is 7.02. The van der Waals surface area contributed by atoms with Gasteiger partial charge in [-0.2, -0.15) is 0 Å². The quantitative estimate of drug-likeness (QED) is 0.591. The minimum absolute atomic E-state index is 0.0764. The van der Waals surface area contributed by atoms with Gasteiger partial charge < -0.3 is 11.1 Å². The molecule has 0 aliphatic carbocycles. The average molecular weight is 315 g/mol. The number of nitrogens with one attached hydrogen (secondary N) is 2. The van der Waals surface area contributed by atoms with E-state index in [1.54, 1.807) is 24.3 Å². The third kappa shape index (κ3) is 5.64. The minimum Gasteiger partial charge on any atom is -0.389 e. The summed E-state index contributed by atoms with van der Waals surface area (Å²) in [6.45, 7) is 0.0764. The Hall–Kier alpha value is -1.51. The van der Waals surface area contributed by atoms with Crippen LogP contribution in [0.5, 0.6) is 0 Å². The van der Waals surface area contributed by atoms with Crippen molar-refractivity contribution in [1.29, 1.82) is 0 Å². The summed E-state index contributed by atoms with van der Waals surface area (Å²) in [6.07, 6.45) is 0.178. The highest BCUT2D eigenvalue weighted by molar-refractivity contribution is 7.89. The van der Waals surface area contributed by atoms with Crippen molar-refractivity contribution in [3.63, 3.8) is 0 Å². The van der Waals surface area contributed by atoms with Crippen LogP contribution in [0.3, 0.4) is 0 Å². The fourth-order valence-electron chi connectivity index (χ4n) is 1.46. The lowest BCUT2D eigenvalue weighted by molar-refractivity contribution is -0.120. The molecule has 0 radical (unpaired) electrons. The molecule has 1 aromatic rings. The summed E-state index contributed by atoms with van der Waals surface area (Å²) in [4.78, 5) is 11.9. The van der Waals surface area contributed by atoms with Crippen LogP contribution < -0.4 is 15.8 Å². The Bertz CT molecular complexity index is 582. The van der Waals surface area contributed by atoms with E-state index < -0.39 is 10.0 Å². The molecule has 0 atom stereocenters. The molecule has 0 aliphatic rings. The molecule has 0 saturated carbocycles. The van der Waals surface area contributed by atoms with E-state index in [9.17, 15) is 13.2 Å². The van der Waals surface area contributed by atoms with Gasteiger partial charge in [0.15, 0.2) is 0 Å². The number of hydrogen-bond donors (Lipinski definition) is 3. The van der Waals surface area contributed by atoms with Gasteiger partial charge in [-0.05, 0) is 12.6 Å². The van der Waals surface area contributed by atoms with Crippen molar-refractivity contribution in [2.24, 2.45) is 5.73 Å². The normalized spacial score (nSPS) is 11.1. The molecule has 0 aromatic heterocycles. The number of carbonyl (C=O) groups is 1. The SMILES string of the molecule is CNS(=O)(=O)CCNC(=O)Cc1ccc(C(N)=S)cc1. The monoisotopic (exact) mass is 315 g/mol. The second-order valence-electron chi connectivity index (χ2n) is 4.11. The lowest BCUT2D eigenvalue weighted by Crippen LogP contribution is -2.33. The molecule has 1 rings (SSSR count). The molecule has 4 N–H and O–H groups in total. The number of amides is 1. The van der Waals surface area contributed by atoms with Crippen molar-refractivity contribution in [3.05, 3.63) is 35.4 Å². The molecule has 0 spiro atoms. The summed E-state index contributed by atoms with van der Waals surface area (Å²) in [5.74, 6) is -0.380. The number of hydrogen-bond acceptors (Lipinski definition) is 4. The van der Waals surface area contributed by atoms with Gasteiger partial charge in [0, 0.05) is 12.1 Å². The zero-order chi connectivity index (χ0) is 15.2. The van der Waals surface area contributed by atoms with Gasteiger partial charge >= 0.3 is 0 Å². The second kappa shape index (κ2) is 7.32. The van der Waals surface area contributed by atoms with Crippen molar-refractivity contribution in [2.75, 3.05) is 19.3 Å². The van der Waals surface area contributed by atoms with E-state index in [1.165, 1.54) is 7.05 Å². The van der Waals surface area contributed by atoms with E-state index in [0.717, 1.165) is 11.1 Å². The smallest absolute Gasteiger partial charge is 0.224 e. The number of nitrogens with two attached hydrogens (primary N) is 1. The Morgan fingerprint density at radius 3 is 2.40 bits per heavy atom. The van der Waals surface area contributed by atoms with Crippen LogP contribution in [0.15, 0.2) is 24.3 Å². The number of carbonyl (C=O) groups excluding carboxylic acids is 1. The standard InChI is InChI=1S/C12H17N3O3S2/c1-14-20(17,18)7-6-15-11(16)8-9-2-4-10(5-3-9)12(13)19/h2-5,14H,6-8H2,1H3,(H2,13,19)(H,15,16). The molecule has 0 fully saturated rings. The summed E-state index contributed by atoms with van der Waals surface area (Å²) < 4.78 is 24.5. The largest absolute Gasteiger partial charge is 0.389 e. The van der Waals surface area contributed by atoms with Crippen LogP contribution >= 0.6 is 12.2 Å². The molecule has 0 saturated heterocycles. The maximum atomic E-state index is 11.6.